The summed E-state index contributed by atoms with van der Waals surface area (Å²) in [5.41, 5.74) is 3.64. The summed E-state index contributed by atoms with van der Waals surface area (Å²) in [7, 11) is 0. The molecule has 1 saturated heterocycles. The van der Waals surface area contributed by atoms with E-state index in [9.17, 15) is 9.59 Å². The average molecular weight is 447 g/mol. The molecular weight excluding hydrogens is 420 g/mol. The topological polar surface area (TPSA) is 58.6 Å². The highest BCUT2D eigenvalue weighted by Crippen LogP contribution is 2.45. The van der Waals surface area contributed by atoms with E-state index >= 15 is 0 Å². The minimum atomic E-state index is -0.246. The van der Waals surface area contributed by atoms with Crippen LogP contribution in [0.4, 0.5) is 11.4 Å². The lowest BCUT2D eigenvalue weighted by Crippen LogP contribution is -2.30. The zero-order valence-corrected chi connectivity index (χ0v) is 19.0. The number of nitrogens with zero attached hydrogens (tertiary/aromatic N) is 1. The summed E-state index contributed by atoms with van der Waals surface area (Å²) in [5, 5.41) is 2.75. The first-order valence-electron chi connectivity index (χ1n) is 10.6. The van der Waals surface area contributed by atoms with Gasteiger partial charge in [-0.3, -0.25) is 14.5 Å². The van der Waals surface area contributed by atoms with Crippen LogP contribution in [0.5, 0.6) is 5.75 Å². The Labute approximate surface area is 192 Å². The Balaban J connectivity index is 1.57. The minimum Gasteiger partial charge on any atom is -0.484 e. The molecule has 1 heterocycles. The van der Waals surface area contributed by atoms with Crippen molar-refractivity contribution in [3.05, 3.63) is 90.0 Å². The van der Waals surface area contributed by atoms with Crippen molar-refractivity contribution < 1.29 is 14.3 Å². The van der Waals surface area contributed by atoms with E-state index in [4.69, 9.17) is 4.74 Å². The molecule has 0 spiro atoms. The number of carbonyl (C=O) groups is 2. The normalized spacial score (nSPS) is 15.8. The molecule has 5 nitrogen and oxygen atoms in total. The largest absolute Gasteiger partial charge is 0.484 e. The van der Waals surface area contributed by atoms with E-state index in [1.165, 1.54) is 0 Å². The van der Waals surface area contributed by atoms with Crippen LogP contribution in [0.15, 0.2) is 78.9 Å². The summed E-state index contributed by atoms with van der Waals surface area (Å²) in [5.74, 6) is 1.15. The molecule has 164 valence electrons. The van der Waals surface area contributed by atoms with Crippen LogP contribution < -0.4 is 15.0 Å². The first kappa shape index (κ1) is 22.0. The molecule has 3 aromatic carbocycles. The maximum Gasteiger partial charge on any atom is 0.262 e. The summed E-state index contributed by atoms with van der Waals surface area (Å²) in [6.45, 7) is 4.17. The van der Waals surface area contributed by atoms with Crippen LogP contribution in [0.25, 0.3) is 0 Å². The monoisotopic (exact) mass is 446 g/mol. The van der Waals surface area contributed by atoms with Gasteiger partial charge in [0.1, 0.15) is 11.1 Å². The molecule has 1 aliphatic rings. The molecule has 0 radical (unpaired) electrons. The predicted molar refractivity (Wildman–Crippen MR) is 130 cm³/mol. The maximum absolute atomic E-state index is 12.9. The van der Waals surface area contributed by atoms with Gasteiger partial charge < -0.3 is 10.1 Å². The van der Waals surface area contributed by atoms with Crippen LogP contribution in [0.2, 0.25) is 0 Å². The van der Waals surface area contributed by atoms with Gasteiger partial charge in [0.05, 0.1) is 5.75 Å². The van der Waals surface area contributed by atoms with Gasteiger partial charge in [-0.05, 0) is 35.7 Å². The van der Waals surface area contributed by atoms with Gasteiger partial charge in [0.25, 0.3) is 5.91 Å². The van der Waals surface area contributed by atoms with Crippen LogP contribution in [0.1, 0.15) is 36.3 Å². The Morgan fingerprint density at radius 2 is 1.72 bits per heavy atom. The lowest BCUT2D eigenvalue weighted by molar-refractivity contribution is -0.118. The number of para-hydroxylation sites is 3. The quantitative estimate of drug-likeness (QED) is 0.513. The molecule has 32 heavy (non-hydrogen) atoms. The SMILES string of the molecule is CC(C)c1ccccc1N1C(=O)CSC1c1ccccc1NC(=O)COc1ccccc1. The molecule has 0 saturated carbocycles. The highest BCUT2D eigenvalue weighted by Gasteiger charge is 2.36. The summed E-state index contributed by atoms with van der Waals surface area (Å²) in [6.07, 6.45) is 0. The van der Waals surface area contributed by atoms with Gasteiger partial charge in [-0.25, -0.2) is 0 Å². The van der Waals surface area contributed by atoms with Gasteiger partial charge in [-0.1, -0.05) is 68.4 Å². The number of rotatable bonds is 7. The van der Waals surface area contributed by atoms with E-state index in [2.05, 4.69) is 25.2 Å². The highest BCUT2D eigenvalue weighted by molar-refractivity contribution is 8.00. The van der Waals surface area contributed by atoms with E-state index in [0.29, 0.717) is 17.2 Å². The molecule has 1 aliphatic heterocycles. The molecule has 1 fully saturated rings. The first-order valence-corrected chi connectivity index (χ1v) is 11.7. The Bertz CT molecular complexity index is 1100. The number of amides is 2. The van der Waals surface area contributed by atoms with E-state index < -0.39 is 0 Å². The molecule has 4 rings (SSSR count). The minimum absolute atomic E-state index is 0.0710. The zero-order valence-electron chi connectivity index (χ0n) is 18.2. The van der Waals surface area contributed by atoms with Crippen LogP contribution in [-0.2, 0) is 9.59 Å². The average Bonchev–Trinajstić information content (AvgIpc) is 3.19. The third kappa shape index (κ3) is 4.81. The van der Waals surface area contributed by atoms with E-state index in [1.54, 1.807) is 11.8 Å². The van der Waals surface area contributed by atoms with E-state index in [0.717, 1.165) is 16.8 Å². The second-order valence-corrected chi connectivity index (χ2v) is 8.95. The lowest BCUT2D eigenvalue weighted by Gasteiger charge is -2.29. The molecule has 3 aromatic rings. The van der Waals surface area contributed by atoms with Crippen molar-refractivity contribution in [1.82, 2.24) is 0 Å². The van der Waals surface area contributed by atoms with Gasteiger partial charge in [-0.2, -0.15) is 0 Å². The Morgan fingerprint density at radius 1 is 1.03 bits per heavy atom. The zero-order chi connectivity index (χ0) is 22.5. The van der Waals surface area contributed by atoms with Gasteiger partial charge in [0.2, 0.25) is 5.91 Å². The van der Waals surface area contributed by atoms with Crippen molar-refractivity contribution in [1.29, 1.82) is 0 Å². The summed E-state index contributed by atoms with van der Waals surface area (Å²) < 4.78 is 5.57. The van der Waals surface area contributed by atoms with Crippen molar-refractivity contribution >= 4 is 35.0 Å². The number of hydrogen-bond donors (Lipinski definition) is 1. The first-order chi connectivity index (χ1) is 15.5. The fourth-order valence-electron chi connectivity index (χ4n) is 3.79. The third-order valence-corrected chi connectivity index (χ3v) is 6.49. The van der Waals surface area contributed by atoms with Crippen molar-refractivity contribution in [3.63, 3.8) is 0 Å². The molecule has 1 N–H and O–H groups in total. The number of nitrogens with one attached hydrogen (secondary N) is 1. The molecular formula is C26H26N2O3S. The van der Waals surface area contributed by atoms with Crippen LogP contribution in [-0.4, -0.2) is 24.2 Å². The number of anilines is 2. The third-order valence-electron chi connectivity index (χ3n) is 5.30. The van der Waals surface area contributed by atoms with Gasteiger partial charge in [0, 0.05) is 16.9 Å². The number of thioether (sulfide) groups is 1. The van der Waals surface area contributed by atoms with Crippen molar-refractivity contribution in [3.8, 4) is 5.75 Å². The van der Waals surface area contributed by atoms with Crippen LogP contribution >= 0.6 is 11.8 Å². The smallest absolute Gasteiger partial charge is 0.262 e. The maximum atomic E-state index is 12.9. The second kappa shape index (κ2) is 9.92. The number of carbonyl (C=O) groups excluding carboxylic acids is 2. The fraction of sp³-hybridized carbons (Fsp3) is 0.231. The summed E-state index contributed by atoms with van der Waals surface area (Å²) in [6, 6.07) is 24.9. The molecule has 6 heteroatoms. The molecule has 0 aromatic heterocycles. The Hall–Kier alpha value is -3.25. The molecule has 2 amide bonds. The standard InChI is InChI=1S/C26H26N2O3S/c1-18(2)20-12-7-9-15-23(20)28-25(30)17-32-26(28)21-13-6-8-14-22(21)27-24(29)16-31-19-10-4-3-5-11-19/h3-15,18,26H,16-17H2,1-2H3,(H,27,29). The Kier molecular flexibility index (Phi) is 6.81. The van der Waals surface area contributed by atoms with Crippen molar-refractivity contribution in [2.45, 2.75) is 25.1 Å². The summed E-state index contributed by atoms with van der Waals surface area (Å²) >= 11 is 1.57. The van der Waals surface area contributed by atoms with Crippen LogP contribution in [0.3, 0.4) is 0 Å². The number of benzene rings is 3. The highest BCUT2D eigenvalue weighted by atomic mass is 32.2. The number of hydrogen-bond acceptors (Lipinski definition) is 4. The van der Waals surface area contributed by atoms with E-state index in [-0.39, 0.29) is 29.7 Å². The lowest BCUT2D eigenvalue weighted by atomic mass is 10.00. The van der Waals surface area contributed by atoms with E-state index in [1.807, 2.05) is 77.7 Å². The van der Waals surface area contributed by atoms with Crippen molar-refractivity contribution in [2.75, 3.05) is 22.6 Å². The second-order valence-electron chi connectivity index (χ2n) is 7.88. The Morgan fingerprint density at radius 3 is 2.50 bits per heavy atom. The predicted octanol–water partition coefficient (Wildman–Crippen LogP) is 5.61. The van der Waals surface area contributed by atoms with Gasteiger partial charge in [-0.15, -0.1) is 11.8 Å². The van der Waals surface area contributed by atoms with Crippen LogP contribution in [0, 0.1) is 0 Å². The van der Waals surface area contributed by atoms with Gasteiger partial charge >= 0.3 is 0 Å². The molecule has 1 atom stereocenters. The van der Waals surface area contributed by atoms with Crippen molar-refractivity contribution in [2.24, 2.45) is 0 Å². The van der Waals surface area contributed by atoms with Gasteiger partial charge in [0.15, 0.2) is 6.61 Å². The summed E-state index contributed by atoms with van der Waals surface area (Å²) in [4.78, 5) is 27.4. The molecule has 0 bridgehead atoms. The molecule has 0 aliphatic carbocycles. The number of ether oxygens (including phenoxy) is 1. The fourth-order valence-corrected chi connectivity index (χ4v) is 4.99. The molecule has 1 unspecified atom stereocenters.